The van der Waals surface area contributed by atoms with Crippen molar-refractivity contribution in [2.24, 2.45) is 34.5 Å². The summed E-state index contributed by atoms with van der Waals surface area (Å²) >= 11 is 3.73. The van der Waals surface area contributed by atoms with E-state index in [4.69, 9.17) is 14.2 Å². The Hall–Kier alpha value is -0.390. The van der Waals surface area contributed by atoms with Crippen molar-refractivity contribution in [3.63, 3.8) is 0 Å². The average Bonchev–Trinajstić information content (AvgIpc) is 3.32. The van der Waals surface area contributed by atoms with E-state index in [1.54, 1.807) is 5.57 Å². The van der Waals surface area contributed by atoms with Gasteiger partial charge in [-0.05, 0) is 73.5 Å². The van der Waals surface area contributed by atoms with Gasteiger partial charge in [-0.1, -0.05) is 41.4 Å². The van der Waals surface area contributed by atoms with Crippen molar-refractivity contribution >= 4 is 21.9 Å². The lowest BCUT2D eigenvalue weighted by molar-refractivity contribution is -0.210. The van der Waals surface area contributed by atoms with Crippen molar-refractivity contribution in [3.8, 4) is 0 Å². The summed E-state index contributed by atoms with van der Waals surface area (Å²) in [5, 5.41) is 0.778. The van der Waals surface area contributed by atoms with Crippen LogP contribution in [0.5, 0.6) is 0 Å². The largest absolute Gasteiger partial charge is 0.462 e. The second kappa shape index (κ2) is 7.59. The minimum absolute atomic E-state index is 0.0820. The fourth-order valence-corrected chi connectivity index (χ4v) is 9.24. The fraction of sp³-hybridized carbons (Fsp3) is 0.880. The second-order valence-corrected chi connectivity index (χ2v) is 11.6. The number of fused-ring (bicyclic) bond motifs is 5. The molecule has 0 amide bonds. The zero-order valence-electron chi connectivity index (χ0n) is 18.8. The molecule has 0 N–H and O–H groups in total. The Kier molecular flexibility index (Phi) is 5.43. The van der Waals surface area contributed by atoms with E-state index in [0.29, 0.717) is 11.3 Å². The fourth-order valence-electron chi connectivity index (χ4n) is 8.53. The second-order valence-electron chi connectivity index (χ2n) is 11.1. The molecule has 168 valence electrons. The minimum Gasteiger partial charge on any atom is -0.462 e. The SMILES string of the molecule is CC(=O)O[C@@H]1CC[C@@]2(C)C(=CC[C@H]3[C@@H]4CC[C@H](C5(CBr)OCCO5)[C@@]4(C)CC[C@@H]32)C1. The third-order valence-electron chi connectivity index (χ3n) is 9.88. The highest BCUT2D eigenvalue weighted by atomic mass is 79.9. The predicted octanol–water partition coefficient (Wildman–Crippen LogP) is 5.64. The van der Waals surface area contributed by atoms with Crippen LogP contribution in [-0.4, -0.2) is 36.4 Å². The number of ether oxygens (including phenoxy) is 3. The van der Waals surface area contributed by atoms with Gasteiger partial charge in [0.2, 0.25) is 0 Å². The van der Waals surface area contributed by atoms with Gasteiger partial charge in [-0.15, -0.1) is 0 Å². The molecule has 4 fully saturated rings. The molecule has 5 heteroatoms. The molecule has 0 radical (unpaired) electrons. The van der Waals surface area contributed by atoms with Crippen LogP contribution in [0.1, 0.15) is 72.1 Å². The lowest BCUT2D eigenvalue weighted by atomic mass is 9.47. The van der Waals surface area contributed by atoms with Crippen LogP contribution < -0.4 is 0 Å². The lowest BCUT2D eigenvalue weighted by Crippen LogP contribution is -2.54. The molecule has 1 aliphatic heterocycles. The molecule has 5 rings (SSSR count). The smallest absolute Gasteiger partial charge is 0.302 e. The first-order valence-electron chi connectivity index (χ1n) is 12.0. The predicted molar refractivity (Wildman–Crippen MR) is 119 cm³/mol. The molecule has 5 aliphatic rings. The Bertz CT molecular complexity index is 729. The van der Waals surface area contributed by atoms with E-state index in [1.165, 1.54) is 39.0 Å². The summed E-state index contributed by atoms with van der Waals surface area (Å²) in [7, 11) is 0. The topological polar surface area (TPSA) is 44.8 Å². The van der Waals surface area contributed by atoms with Crippen molar-refractivity contribution in [2.45, 2.75) is 84.0 Å². The van der Waals surface area contributed by atoms with Gasteiger partial charge in [0.15, 0.2) is 5.79 Å². The maximum absolute atomic E-state index is 11.5. The van der Waals surface area contributed by atoms with E-state index in [9.17, 15) is 4.79 Å². The highest BCUT2D eigenvalue weighted by molar-refractivity contribution is 9.09. The Morgan fingerprint density at radius 2 is 1.90 bits per heavy atom. The van der Waals surface area contributed by atoms with Crippen LogP contribution in [0.15, 0.2) is 11.6 Å². The van der Waals surface area contributed by atoms with Gasteiger partial charge in [-0.3, -0.25) is 4.79 Å². The van der Waals surface area contributed by atoms with Gasteiger partial charge in [0.05, 0.1) is 18.5 Å². The highest BCUT2D eigenvalue weighted by Gasteiger charge is 2.63. The van der Waals surface area contributed by atoms with E-state index in [2.05, 4.69) is 35.9 Å². The number of halogens is 1. The van der Waals surface area contributed by atoms with Gasteiger partial charge in [0.1, 0.15) is 6.10 Å². The molecule has 0 aromatic heterocycles. The highest BCUT2D eigenvalue weighted by Crippen LogP contribution is 2.68. The minimum atomic E-state index is -0.419. The van der Waals surface area contributed by atoms with Crippen LogP contribution in [0.3, 0.4) is 0 Å². The first-order valence-corrected chi connectivity index (χ1v) is 13.2. The number of carbonyl (C=O) groups excluding carboxylic acids is 1. The maximum atomic E-state index is 11.5. The molecule has 0 aromatic rings. The summed E-state index contributed by atoms with van der Waals surface area (Å²) in [5.74, 6) is 2.21. The molecule has 30 heavy (non-hydrogen) atoms. The zero-order valence-corrected chi connectivity index (χ0v) is 20.3. The van der Waals surface area contributed by atoms with Gasteiger partial charge < -0.3 is 14.2 Å². The van der Waals surface area contributed by atoms with Crippen LogP contribution >= 0.6 is 15.9 Å². The molecule has 4 aliphatic carbocycles. The maximum Gasteiger partial charge on any atom is 0.302 e. The molecule has 7 atom stereocenters. The Balaban J connectivity index is 1.39. The van der Waals surface area contributed by atoms with Gasteiger partial charge in [-0.2, -0.15) is 0 Å². The molecule has 3 saturated carbocycles. The zero-order chi connectivity index (χ0) is 21.1. The Labute approximate surface area is 189 Å². The number of alkyl halides is 1. The number of carbonyl (C=O) groups is 1. The quantitative estimate of drug-likeness (QED) is 0.298. The molecular formula is C25H37BrO4. The summed E-state index contributed by atoms with van der Waals surface area (Å²) in [5.41, 5.74) is 2.15. The Morgan fingerprint density at radius 1 is 1.13 bits per heavy atom. The molecule has 1 heterocycles. The van der Waals surface area contributed by atoms with Crippen molar-refractivity contribution in [1.82, 2.24) is 0 Å². The summed E-state index contributed by atoms with van der Waals surface area (Å²) in [6.07, 6.45) is 12.0. The van der Waals surface area contributed by atoms with Crippen molar-refractivity contribution in [3.05, 3.63) is 11.6 Å². The van der Waals surface area contributed by atoms with E-state index >= 15 is 0 Å². The first kappa shape index (κ1) is 21.5. The first-order chi connectivity index (χ1) is 14.3. The summed E-state index contributed by atoms with van der Waals surface area (Å²) in [6, 6.07) is 0. The number of allylic oxidation sites excluding steroid dienone is 1. The third kappa shape index (κ3) is 3.08. The molecule has 0 aromatic carbocycles. The van der Waals surface area contributed by atoms with Crippen molar-refractivity contribution in [1.29, 1.82) is 0 Å². The average molecular weight is 481 g/mol. The standard InChI is InChI=1S/C25H37BrO4/c1-16(27)30-18-8-10-23(2)17(14-18)4-5-19-20-6-7-22(24(20,3)11-9-21(19)23)25(15-26)28-12-13-29-25/h4,18-22H,5-15H2,1-3H3/t18-,19+,20+,21+,22+,23+,24+/m1/s1. The van der Waals surface area contributed by atoms with E-state index in [-0.39, 0.29) is 17.5 Å². The van der Waals surface area contributed by atoms with Gasteiger partial charge in [0, 0.05) is 19.3 Å². The van der Waals surface area contributed by atoms with Crippen molar-refractivity contribution in [2.75, 3.05) is 18.5 Å². The molecule has 4 nitrogen and oxygen atoms in total. The van der Waals surface area contributed by atoms with E-state index < -0.39 is 5.79 Å². The van der Waals surface area contributed by atoms with Gasteiger partial charge in [0.25, 0.3) is 0 Å². The number of esters is 1. The molecule has 0 spiro atoms. The number of rotatable bonds is 3. The van der Waals surface area contributed by atoms with Crippen LogP contribution in [0, 0.1) is 34.5 Å². The van der Waals surface area contributed by atoms with Gasteiger partial charge in [-0.25, -0.2) is 0 Å². The summed E-state index contributed by atoms with van der Waals surface area (Å²) < 4.78 is 18.1. The van der Waals surface area contributed by atoms with E-state index in [1.807, 2.05) is 0 Å². The van der Waals surface area contributed by atoms with Crippen LogP contribution in [0.25, 0.3) is 0 Å². The van der Waals surface area contributed by atoms with Crippen molar-refractivity contribution < 1.29 is 19.0 Å². The summed E-state index contributed by atoms with van der Waals surface area (Å²) in [4.78, 5) is 11.5. The third-order valence-corrected chi connectivity index (χ3v) is 10.7. The number of hydrogen-bond donors (Lipinski definition) is 0. The van der Waals surface area contributed by atoms with Crippen LogP contribution in [0.2, 0.25) is 0 Å². The monoisotopic (exact) mass is 480 g/mol. The number of hydrogen-bond acceptors (Lipinski definition) is 4. The normalized spacial score (nSPS) is 47.1. The summed E-state index contributed by atoms with van der Waals surface area (Å²) in [6.45, 7) is 8.04. The van der Waals surface area contributed by atoms with Gasteiger partial charge >= 0.3 is 5.97 Å². The van der Waals surface area contributed by atoms with Crippen LogP contribution in [0.4, 0.5) is 0 Å². The molecule has 1 saturated heterocycles. The lowest BCUT2D eigenvalue weighted by Gasteiger charge is -2.59. The molecule has 0 bridgehead atoms. The van der Waals surface area contributed by atoms with E-state index in [0.717, 1.165) is 55.6 Å². The molecular weight excluding hydrogens is 444 g/mol. The molecule has 0 unspecified atom stereocenters. The van der Waals surface area contributed by atoms with Crippen LogP contribution in [-0.2, 0) is 19.0 Å². The Morgan fingerprint density at radius 3 is 2.60 bits per heavy atom.